The van der Waals surface area contributed by atoms with Crippen LogP contribution in [0, 0.1) is 11.3 Å². The second-order valence-corrected chi connectivity index (χ2v) is 8.07. The van der Waals surface area contributed by atoms with Gasteiger partial charge in [0.2, 0.25) is 5.91 Å². The highest BCUT2D eigenvalue weighted by atomic mass is 35.5. The summed E-state index contributed by atoms with van der Waals surface area (Å²) in [7, 11) is 0. The first-order chi connectivity index (χ1) is 14.4. The molecule has 1 aliphatic carbocycles. The third kappa shape index (κ3) is 5.38. The van der Waals surface area contributed by atoms with Gasteiger partial charge in [-0.05, 0) is 73.7 Å². The third-order valence-corrected chi connectivity index (χ3v) is 5.88. The smallest absolute Gasteiger partial charge is 0.255 e. The molecule has 0 aliphatic heterocycles. The summed E-state index contributed by atoms with van der Waals surface area (Å²) in [5, 5.41) is 12.3. The summed E-state index contributed by atoms with van der Waals surface area (Å²) in [6, 6.07) is 14.0. The molecule has 0 spiro atoms. The van der Waals surface area contributed by atoms with E-state index in [0.717, 1.165) is 31.2 Å². The highest BCUT2D eigenvalue weighted by molar-refractivity contribution is 6.31. The summed E-state index contributed by atoms with van der Waals surface area (Å²) in [5.41, 5.74) is 8.32. The van der Waals surface area contributed by atoms with E-state index in [4.69, 9.17) is 22.6 Å². The molecule has 30 heavy (non-hydrogen) atoms. The Hall–Kier alpha value is -2.88. The van der Waals surface area contributed by atoms with Crippen LogP contribution in [0.25, 0.3) is 0 Å². The summed E-state index contributed by atoms with van der Waals surface area (Å²) in [4.78, 5) is 26.7. The van der Waals surface area contributed by atoms with Crippen LogP contribution in [0.15, 0.2) is 42.5 Å². The lowest BCUT2D eigenvalue weighted by Crippen LogP contribution is -2.42. The summed E-state index contributed by atoms with van der Waals surface area (Å²) in [5.74, 6) is -0.281. The quantitative estimate of drug-likeness (QED) is 0.755. The van der Waals surface area contributed by atoms with E-state index < -0.39 is 0 Å². The molecule has 7 heteroatoms. The minimum atomic E-state index is -0.280. The zero-order valence-corrected chi connectivity index (χ0v) is 17.7. The molecule has 0 aromatic heterocycles. The average Bonchev–Trinajstić information content (AvgIpc) is 2.74. The van der Waals surface area contributed by atoms with Crippen LogP contribution in [-0.4, -0.2) is 28.8 Å². The van der Waals surface area contributed by atoms with Gasteiger partial charge in [-0.25, -0.2) is 0 Å². The van der Waals surface area contributed by atoms with Crippen LogP contribution < -0.4 is 11.1 Å². The van der Waals surface area contributed by atoms with Gasteiger partial charge in [-0.1, -0.05) is 11.6 Å². The summed E-state index contributed by atoms with van der Waals surface area (Å²) < 4.78 is 0. The number of hydrogen-bond donors (Lipinski definition) is 2. The van der Waals surface area contributed by atoms with Crippen molar-refractivity contribution in [3.63, 3.8) is 0 Å². The fourth-order valence-corrected chi connectivity index (χ4v) is 3.94. The molecule has 1 aliphatic rings. The Bertz CT molecular complexity index is 960. The topological polar surface area (TPSA) is 99.2 Å². The number of hydrogen-bond acceptors (Lipinski definition) is 4. The van der Waals surface area contributed by atoms with E-state index in [0.29, 0.717) is 28.4 Å². The fourth-order valence-electron chi connectivity index (χ4n) is 3.77. The van der Waals surface area contributed by atoms with E-state index in [1.54, 1.807) is 49.4 Å². The Kier molecular flexibility index (Phi) is 7.09. The van der Waals surface area contributed by atoms with Crippen LogP contribution in [0.2, 0.25) is 5.02 Å². The van der Waals surface area contributed by atoms with Gasteiger partial charge in [0.05, 0.1) is 11.6 Å². The standard InChI is InChI=1S/C23H25ClN4O2/c1-15(29)28(21-9-6-19(26)7-10-21)14-18-12-20(8-11-22(18)24)27-23(30)17-4-2-16(13-25)3-5-17/h2-5,8,11-12,19,21H,6-7,9-10,14,26H2,1H3,(H,27,30). The van der Waals surface area contributed by atoms with E-state index >= 15 is 0 Å². The van der Waals surface area contributed by atoms with Crippen LogP contribution in [0.3, 0.4) is 0 Å². The van der Waals surface area contributed by atoms with Crippen molar-refractivity contribution in [1.29, 1.82) is 5.26 Å². The lowest BCUT2D eigenvalue weighted by molar-refractivity contribution is -0.132. The molecule has 2 amide bonds. The van der Waals surface area contributed by atoms with Gasteiger partial charge in [0.15, 0.2) is 0 Å². The lowest BCUT2D eigenvalue weighted by atomic mass is 9.90. The summed E-state index contributed by atoms with van der Waals surface area (Å²) in [6.45, 7) is 1.95. The number of carbonyl (C=O) groups is 2. The number of halogens is 1. The van der Waals surface area contributed by atoms with Crippen LogP contribution in [0.1, 0.15) is 54.1 Å². The van der Waals surface area contributed by atoms with Crippen molar-refractivity contribution in [2.24, 2.45) is 5.73 Å². The van der Waals surface area contributed by atoms with E-state index in [9.17, 15) is 9.59 Å². The largest absolute Gasteiger partial charge is 0.336 e. The zero-order valence-electron chi connectivity index (χ0n) is 16.9. The molecule has 1 saturated carbocycles. The van der Waals surface area contributed by atoms with Crippen molar-refractivity contribution in [3.05, 3.63) is 64.2 Å². The number of nitrogens with two attached hydrogens (primary N) is 1. The Labute approximate surface area is 181 Å². The minimum absolute atomic E-state index is 0.00133. The number of carbonyl (C=O) groups excluding carboxylic acids is 2. The highest BCUT2D eigenvalue weighted by Crippen LogP contribution is 2.27. The Morgan fingerprint density at radius 1 is 1.17 bits per heavy atom. The molecule has 0 heterocycles. The molecule has 2 aromatic rings. The Morgan fingerprint density at radius 2 is 1.83 bits per heavy atom. The highest BCUT2D eigenvalue weighted by Gasteiger charge is 2.26. The molecule has 0 saturated heterocycles. The third-order valence-electron chi connectivity index (χ3n) is 5.51. The molecule has 3 rings (SSSR count). The number of nitrogens with zero attached hydrogens (tertiary/aromatic N) is 2. The molecule has 0 bridgehead atoms. The van der Waals surface area contributed by atoms with Gasteiger partial charge in [0.1, 0.15) is 0 Å². The molecule has 1 fully saturated rings. The van der Waals surface area contributed by atoms with Crippen molar-refractivity contribution in [2.75, 3.05) is 5.32 Å². The van der Waals surface area contributed by atoms with E-state index in [-0.39, 0.29) is 23.9 Å². The van der Waals surface area contributed by atoms with Crippen LogP contribution in [0.5, 0.6) is 0 Å². The number of amides is 2. The monoisotopic (exact) mass is 424 g/mol. The number of benzene rings is 2. The van der Waals surface area contributed by atoms with Crippen molar-refractivity contribution in [3.8, 4) is 6.07 Å². The molecule has 0 unspecified atom stereocenters. The van der Waals surface area contributed by atoms with E-state index in [1.807, 2.05) is 11.0 Å². The zero-order chi connectivity index (χ0) is 21.7. The molecule has 6 nitrogen and oxygen atoms in total. The number of anilines is 1. The summed E-state index contributed by atoms with van der Waals surface area (Å²) in [6.07, 6.45) is 3.58. The first-order valence-corrected chi connectivity index (χ1v) is 10.4. The molecule has 0 atom stereocenters. The first kappa shape index (κ1) is 21.8. The molecular formula is C23H25ClN4O2. The van der Waals surface area contributed by atoms with Gasteiger partial charge in [-0.3, -0.25) is 9.59 Å². The van der Waals surface area contributed by atoms with Crippen molar-refractivity contribution < 1.29 is 9.59 Å². The first-order valence-electron chi connectivity index (χ1n) is 10.00. The molecule has 2 aromatic carbocycles. The summed E-state index contributed by atoms with van der Waals surface area (Å²) >= 11 is 6.39. The van der Waals surface area contributed by atoms with Gasteiger partial charge in [0.25, 0.3) is 5.91 Å². The second kappa shape index (κ2) is 9.75. The van der Waals surface area contributed by atoms with Crippen molar-refractivity contribution in [1.82, 2.24) is 4.90 Å². The van der Waals surface area contributed by atoms with Crippen LogP contribution in [-0.2, 0) is 11.3 Å². The molecule has 3 N–H and O–H groups in total. The maximum Gasteiger partial charge on any atom is 0.255 e. The van der Waals surface area contributed by atoms with Gasteiger partial charge >= 0.3 is 0 Å². The fraction of sp³-hybridized carbons (Fsp3) is 0.348. The SMILES string of the molecule is CC(=O)N(Cc1cc(NC(=O)c2ccc(C#N)cc2)ccc1Cl)C1CCC(N)CC1. The predicted octanol–water partition coefficient (Wildman–Crippen LogP) is 4.08. The lowest BCUT2D eigenvalue weighted by Gasteiger charge is -2.35. The molecule has 156 valence electrons. The number of nitriles is 1. The Morgan fingerprint density at radius 3 is 2.43 bits per heavy atom. The van der Waals surface area contributed by atoms with Gasteiger partial charge < -0.3 is 16.0 Å². The number of nitrogens with one attached hydrogen (secondary N) is 1. The van der Waals surface area contributed by atoms with E-state index in [2.05, 4.69) is 5.32 Å². The maximum absolute atomic E-state index is 12.5. The van der Waals surface area contributed by atoms with Crippen LogP contribution >= 0.6 is 11.6 Å². The van der Waals surface area contributed by atoms with Gasteiger partial charge in [0, 0.05) is 41.8 Å². The number of rotatable bonds is 5. The minimum Gasteiger partial charge on any atom is -0.336 e. The maximum atomic E-state index is 12.5. The van der Waals surface area contributed by atoms with Crippen molar-refractivity contribution in [2.45, 2.75) is 51.2 Å². The van der Waals surface area contributed by atoms with Crippen LogP contribution in [0.4, 0.5) is 5.69 Å². The van der Waals surface area contributed by atoms with Crippen molar-refractivity contribution >= 4 is 29.1 Å². The average molecular weight is 425 g/mol. The Balaban J connectivity index is 1.74. The molecular weight excluding hydrogens is 400 g/mol. The normalized spacial score (nSPS) is 18.3. The second-order valence-electron chi connectivity index (χ2n) is 7.66. The van der Waals surface area contributed by atoms with E-state index in [1.165, 1.54) is 0 Å². The van der Waals surface area contributed by atoms with Gasteiger partial charge in [-0.2, -0.15) is 5.26 Å². The predicted molar refractivity (Wildman–Crippen MR) is 117 cm³/mol. The molecule has 0 radical (unpaired) electrons. The van der Waals surface area contributed by atoms with Gasteiger partial charge in [-0.15, -0.1) is 0 Å².